The number of benzene rings is 1. The van der Waals surface area contributed by atoms with Gasteiger partial charge in [-0.15, -0.1) is 9.59 Å². The predicted octanol–water partition coefficient (Wildman–Crippen LogP) is 2.20. The molecular formula is C11H11FN3O+. The van der Waals surface area contributed by atoms with Gasteiger partial charge >= 0.3 is 0 Å². The molecule has 0 bridgehead atoms. The Bertz CT molecular complexity index is 504. The van der Waals surface area contributed by atoms with Crippen molar-refractivity contribution in [1.29, 1.82) is 0 Å². The Hall–Kier alpha value is -2.04. The fraction of sp³-hybridized carbons (Fsp3) is 0.182. The molecule has 1 aromatic heterocycles. The molecule has 0 saturated carbocycles. The van der Waals surface area contributed by atoms with Gasteiger partial charge in [0, 0.05) is 5.56 Å². The van der Waals surface area contributed by atoms with E-state index in [4.69, 9.17) is 0 Å². The minimum Gasteiger partial charge on any atom is -0.207 e. The highest BCUT2D eigenvalue weighted by Crippen LogP contribution is 2.12. The van der Waals surface area contributed by atoms with Crippen LogP contribution in [-0.4, -0.2) is 5.10 Å². The van der Waals surface area contributed by atoms with E-state index < -0.39 is 0 Å². The number of hydrogen-bond donors (Lipinski definition) is 1. The zero-order chi connectivity index (χ0) is 11.5. The van der Waals surface area contributed by atoms with Gasteiger partial charge in [0.2, 0.25) is 6.20 Å². The fourth-order valence-electron chi connectivity index (χ4n) is 1.51. The van der Waals surface area contributed by atoms with Crippen LogP contribution in [-0.2, 0) is 6.54 Å². The lowest BCUT2D eigenvalue weighted by Gasteiger charge is -1.94. The molecular weight excluding hydrogens is 209 g/mol. The zero-order valence-corrected chi connectivity index (χ0v) is 8.77. The maximum absolute atomic E-state index is 12.7. The van der Waals surface area contributed by atoms with Crippen LogP contribution in [0.1, 0.15) is 11.3 Å². The molecule has 0 atom stereocenters. The summed E-state index contributed by atoms with van der Waals surface area (Å²) < 4.78 is 14.4. The summed E-state index contributed by atoms with van der Waals surface area (Å²) in [7, 11) is 0. The lowest BCUT2D eigenvalue weighted by Crippen LogP contribution is -2.35. The molecule has 0 saturated heterocycles. The number of hydrogen-bond acceptors (Lipinski definition) is 2. The van der Waals surface area contributed by atoms with Crippen molar-refractivity contribution in [3.63, 3.8) is 0 Å². The third-order valence-electron chi connectivity index (χ3n) is 2.34. The molecule has 4 nitrogen and oxygen atoms in total. The number of nitrogens with one attached hydrogen (secondary N) is 1. The van der Waals surface area contributed by atoms with Gasteiger partial charge in [-0.1, -0.05) is 0 Å². The zero-order valence-electron chi connectivity index (χ0n) is 8.77. The van der Waals surface area contributed by atoms with E-state index in [1.807, 2.05) is 0 Å². The summed E-state index contributed by atoms with van der Waals surface area (Å²) in [6.45, 7) is 2.33. The molecule has 1 heterocycles. The van der Waals surface area contributed by atoms with Gasteiger partial charge in [-0.2, -0.15) is 5.10 Å². The Morgan fingerprint density at radius 3 is 2.62 bits per heavy atom. The first-order valence-corrected chi connectivity index (χ1v) is 4.86. The van der Waals surface area contributed by atoms with Crippen LogP contribution in [0.5, 0.6) is 0 Å². The average molecular weight is 220 g/mol. The molecule has 2 aromatic rings. The van der Waals surface area contributed by atoms with Gasteiger partial charge in [0.15, 0.2) is 12.2 Å². The third-order valence-corrected chi connectivity index (χ3v) is 2.34. The SMILES string of the molecule is Cc1[nH][n+](Cc2ccc(F)cc2)cc1N=O. The molecule has 0 spiro atoms. The lowest BCUT2D eigenvalue weighted by atomic mass is 10.2. The fourth-order valence-corrected chi connectivity index (χ4v) is 1.51. The molecule has 1 aromatic carbocycles. The molecule has 16 heavy (non-hydrogen) atoms. The molecule has 0 fully saturated rings. The van der Waals surface area contributed by atoms with Crippen molar-refractivity contribution in [1.82, 2.24) is 5.10 Å². The number of aromatic nitrogens is 2. The monoisotopic (exact) mass is 220 g/mol. The van der Waals surface area contributed by atoms with Gasteiger partial charge in [-0.3, -0.25) is 0 Å². The molecule has 0 amide bonds. The Morgan fingerprint density at radius 1 is 1.38 bits per heavy atom. The maximum Gasteiger partial charge on any atom is 0.225 e. The first kappa shape index (κ1) is 10.5. The van der Waals surface area contributed by atoms with Crippen LogP contribution >= 0.6 is 0 Å². The van der Waals surface area contributed by atoms with E-state index in [9.17, 15) is 9.30 Å². The second-order valence-electron chi connectivity index (χ2n) is 3.60. The van der Waals surface area contributed by atoms with E-state index in [0.29, 0.717) is 12.2 Å². The van der Waals surface area contributed by atoms with Crippen molar-refractivity contribution in [2.75, 3.05) is 0 Å². The highest BCUT2D eigenvalue weighted by Gasteiger charge is 2.12. The van der Waals surface area contributed by atoms with Gasteiger partial charge in [0.25, 0.3) is 0 Å². The highest BCUT2D eigenvalue weighted by molar-refractivity contribution is 5.35. The first-order chi connectivity index (χ1) is 7.69. The number of halogens is 1. The molecule has 2 rings (SSSR count). The molecule has 0 aliphatic carbocycles. The van der Waals surface area contributed by atoms with Crippen LogP contribution in [0.4, 0.5) is 10.1 Å². The third kappa shape index (κ3) is 2.13. The molecule has 0 aliphatic rings. The van der Waals surface area contributed by atoms with E-state index >= 15 is 0 Å². The Balaban J connectivity index is 2.20. The Labute approximate surface area is 91.7 Å². The van der Waals surface area contributed by atoms with Crippen molar-refractivity contribution in [3.05, 3.63) is 52.4 Å². The van der Waals surface area contributed by atoms with Gasteiger partial charge in [0.05, 0.1) is 0 Å². The van der Waals surface area contributed by atoms with Crippen LogP contribution in [0.2, 0.25) is 0 Å². The summed E-state index contributed by atoms with van der Waals surface area (Å²) in [6, 6.07) is 6.22. The van der Waals surface area contributed by atoms with E-state index in [0.717, 1.165) is 11.3 Å². The summed E-state index contributed by atoms with van der Waals surface area (Å²) in [5.74, 6) is -0.258. The molecule has 82 valence electrons. The van der Waals surface area contributed by atoms with Crippen LogP contribution in [0.3, 0.4) is 0 Å². The lowest BCUT2D eigenvalue weighted by molar-refractivity contribution is -0.742. The molecule has 0 aliphatic heterocycles. The topological polar surface area (TPSA) is 49.1 Å². The second kappa shape index (κ2) is 4.22. The minimum absolute atomic E-state index is 0.258. The van der Waals surface area contributed by atoms with Gasteiger partial charge in [0.1, 0.15) is 11.5 Å². The average Bonchev–Trinajstić information content (AvgIpc) is 2.62. The second-order valence-corrected chi connectivity index (χ2v) is 3.60. The van der Waals surface area contributed by atoms with Gasteiger partial charge < -0.3 is 0 Å². The molecule has 0 radical (unpaired) electrons. The van der Waals surface area contributed by atoms with Crippen molar-refractivity contribution >= 4 is 5.69 Å². The number of rotatable bonds is 3. The number of aryl methyl sites for hydroxylation is 1. The Kier molecular flexibility index (Phi) is 2.76. The van der Waals surface area contributed by atoms with Crippen molar-refractivity contribution in [2.45, 2.75) is 13.5 Å². The maximum atomic E-state index is 12.7. The minimum atomic E-state index is -0.258. The van der Waals surface area contributed by atoms with Crippen LogP contribution in [0.25, 0.3) is 0 Å². The Morgan fingerprint density at radius 2 is 2.06 bits per heavy atom. The van der Waals surface area contributed by atoms with Gasteiger partial charge in [-0.05, 0) is 36.4 Å². The standard InChI is InChI=1S/C11H10FN3O/c1-8-11(14-16)7-15(13-8)6-9-2-4-10(12)5-3-9/h2-5,7H,6H2,1H3/p+1. The van der Waals surface area contributed by atoms with E-state index in [-0.39, 0.29) is 5.82 Å². The largest absolute Gasteiger partial charge is 0.225 e. The van der Waals surface area contributed by atoms with Crippen molar-refractivity contribution in [3.8, 4) is 0 Å². The quantitative estimate of drug-likeness (QED) is 0.625. The van der Waals surface area contributed by atoms with Gasteiger partial charge in [-0.25, -0.2) is 4.39 Å². The summed E-state index contributed by atoms with van der Waals surface area (Å²) in [4.78, 5) is 10.4. The molecule has 1 N–H and O–H groups in total. The molecule has 5 heteroatoms. The predicted molar refractivity (Wildman–Crippen MR) is 56.7 cm³/mol. The molecule has 0 unspecified atom stereocenters. The number of H-pyrrole nitrogens is 1. The van der Waals surface area contributed by atoms with E-state index in [1.54, 1.807) is 29.9 Å². The van der Waals surface area contributed by atoms with Crippen molar-refractivity contribution < 1.29 is 9.07 Å². The summed E-state index contributed by atoms with van der Waals surface area (Å²) in [6.07, 6.45) is 1.63. The first-order valence-electron chi connectivity index (χ1n) is 4.86. The summed E-state index contributed by atoms with van der Waals surface area (Å²) in [5, 5.41) is 5.87. The summed E-state index contributed by atoms with van der Waals surface area (Å²) >= 11 is 0. The van der Waals surface area contributed by atoms with Crippen LogP contribution < -0.4 is 4.68 Å². The van der Waals surface area contributed by atoms with E-state index in [2.05, 4.69) is 10.3 Å². The number of aromatic amines is 1. The van der Waals surface area contributed by atoms with Crippen LogP contribution in [0, 0.1) is 17.6 Å². The highest BCUT2D eigenvalue weighted by atomic mass is 19.1. The smallest absolute Gasteiger partial charge is 0.207 e. The van der Waals surface area contributed by atoms with E-state index in [1.165, 1.54) is 12.1 Å². The number of nitrogens with zero attached hydrogens (tertiary/aromatic N) is 2. The number of nitroso groups, excluding NO2 is 1. The normalized spacial score (nSPS) is 10.4. The van der Waals surface area contributed by atoms with Crippen molar-refractivity contribution in [2.24, 2.45) is 5.18 Å². The van der Waals surface area contributed by atoms with Crippen LogP contribution in [0.15, 0.2) is 35.6 Å². The summed E-state index contributed by atoms with van der Waals surface area (Å²) in [5.41, 5.74) is 2.06.